The highest BCUT2D eigenvalue weighted by Crippen LogP contribution is 2.37. The number of benzene rings is 1. The van der Waals surface area contributed by atoms with E-state index >= 15 is 0 Å². The smallest absolute Gasteiger partial charge is 0.272 e. The maximum absolute atomic E-state index is 13.6. The number of aliphatic hydroxyl groups excluding tert-OH is 1. The number of unbranched alkanes of at least 4 members (excludes halogenated alkanes) is 2. The molecule has 3 rings (SSSR count). The van der Waals surface area contributed by atoms with Crippen molar-refractivity contribution >= 4 is 23.2 Å². The fraction of sp³-hybridized carbons (Fsp3) is 0.667. The van der Waals surface area contributed by atoms with E-state index in [2.05, 4.69) is 26.1 Å². The molecule has 1 heterocycles. The molecule has 0 saturated heterocycles. The van der Waals surface area contributed by atoms with E-state index in [1.807, 2.05) is 24.3 Å². The first-order valence-electron chi connectivity index (χ1n) is 13.0. The lowest BCUT2D eigenvalue weighted by atomic mass is 9.91. The highest BCUT2D eigenvalue weighted by Gasteiger charge is 2.37. The molecule has 0 bridgehead atoms. The molecule has 1 aliphatic heterocycles. The van der Waals surface area contributed by atoms with Gasteiger partial charge in [-0.25, -0.2) is 0 Å². The zero-order valence-electron chi connectivity index (χ0n) is 20.6. The van der Waals surface area contributed by atoms with Crippen LogP contribution in [-0.2, 0) is 9.59 Å². The monoisotopic (exact) mass is 455 g/mol. The van der Waals surface area contributed by atoms with Crippen LogP contribution in [0.5, 0.6) is 0 Å². The van der Waals surface area contributed by atoms with Crippen molar-refractivity contribution in [2.24, 2.45) is 16.8 Å². The number of carbonyl (C=O) groups excluding carboxylic acids is 2. The minimum atomic E-state index is -0.955. The SMILES string of the molecule is CCCC[C@H](O)[C@@H](CC1CC1)C(=O)NC1N=C(CCC)c2ccccc2N(CCCC)C1=O. The number of fused-ring (bicyclic) bond motifs is 1. The predicted molar refractivity (Wildman–Crippen MR) is 133 cm³/mol. The summed E-state index contributed by atoms with van der Waals surface area (Å²) in [5, 5.41) is 13.7. The second-order valence-electron chi connectivity index (χ2n) is 9.59. The van der Waals surface area contributed by atoms with E-state index in [-0.39, 0.29) is 11.8 Å². The van der Waals surface area contributed by atoms with Gasteiger partial charge >= 0.3 is 0 Å². The predicted octanol–water partition coefficient (Wildman–Crippen LogP) is 4.83. The molecule has 2 amide bonds. The largest absolute Gasteiger partial charge is 0.392 e. The van der Waals surface area contributed by atoms with Gasteiger partial charge in [0.15, 0.2) is 0 Å². The molecule has 1 fully saturated rings. The Kier molecular flexibility index (Phi) is 9.48. The van der Waals surface area contributed by atoms with Crippen LogP contribution in [0, 0.1) is 11.8 Å². The molecule has 0 spiro atoms. The molecule has 1 aromatic carbocycles. The zero-order chi connectivity index (χ0) is 23.8. The standard InChI is InChI=1S/C27H41N3O3/c1-4-7-14-24(31)21(18-19-15-16-19)26(32)29-25-27(33)30(17-8-5-2)23-13-10-9-12-20(23)22(28-25)11-6-3/h9-10,12-13,19,21,24-25,31H,4-8,11,14-18H2,1-3H3,(H,29,32)/t21-,24+,25?/m1/s1. The van der Waals surface area contributed by atoms with Crippen LogP contribution in [0.25, 0.3) is 0 Å². The van der Waals surface area contributed by atoms with Crippen LogP contribution in [0.1, 0.15) is 90.5 Å². The fourth-order valence-corrected chi connectivity index (χ4v) is 4.58. The Labute approximate surface area is 198 Å². The van der Waals surface area contributed by atoms with Crippen molar-refractivity contribution < 1.29 is 14.7 Å². The number of nitrogens with one attached hydrogen (secondary N) is 1. The summed E-state index contributed by atoms with van der Waals surface area (Å²) in [6, 6.07) is 7.91. The third-order valence-corrected chi connectivity index (χ3v) is 6.73. The van der Waals surface area contributed by atoms with E-state index in [0.29, 0.717) is 25.3 Å². The molecule has 1 unspecified atom stereocenters. The lowest BCUT2D eigenvalue weighted by Gasteiger charge is -2.27. The second-order valence-corrected chi connectivity index (χ2v) is 9.59. The lowest BCUT2D eigenvalue weighted by Crippen LogP contribution is -2.50. The third-order valence-electron chi connectivity index (χ3n) is 6.73. The molecule has 182 valence electrons. The second kappa shape index (κ2) is 12.3. The molecule has 1 saturated carbocycles. The number of carbonyl (C=O) groups is 2. The molecule has 0 radical (unpaired) electrons. The first kappa shape index (κ1) is 25.4. The van der Waals surface area contributed by atoms with E-state index < -0.39 is 18.2 Å². The van der Waals surface area contributed by atoms with E-state index in [1.165, 1.54) is 0 Å². The Hall–Kier alpha value is -2.21. The molecular formula is C27H41N3O3. The summed E-state index contributed by atoms with van der Waals surface area (Å²) in [6.07, 6.45) is 7.24. The van der Waals surface area contributed by atoms with Gasteiger partial charge in [0.25, 0.3) is 5.91 Å². The van der Waals surface area contributed by atoms with Crippen molar-refractivity contribution in [2.45, 2.75) is 97.2 Å². The van der Waals surface area contributed by atoms with Crippen molar-refractivity contribution in [3.63, 3.8) is 0 Å². The number of nitrogens with zero attached hydrogens (tertiary/aromatic N) is 2. The summed E-state index contributed by atoms with van der Waals surface area (Å²) in [6.45, 7) is 6.88. The number of amides is 2. The van der Waals surface area contributed by atoms with Gasteiger partial charge < -0.3 is 15.3 Å². The molecule has 1 aliphatic carbocycles. The number of benzodiazepines with no additional fused rings is 1. The molecule has 33 heavy (non-hydrogen) atoms. The summed E-state index contributed by atoms with van der Waals surface area (Å²) >= 11 is 0. The first-order valence-corrected chi connectivity index (χ1v) is 13.0. The van der Waals surface area contributed by atoms with Gasteiger partial charge in [-0.2, -0.15) is 0 Å². The Balaban J connectivity index is 1.88. The van der Waals surface area contributed by atoms with E-state index in [4.69, 9.17) is 4.99 Å². The Bertz CT molecular complexity index is 834. The summed E-state index contributed by atoms with van der Waals surface area (Å²) < 4.78 is 0. The van der Waals surface area contributed by atoms with Gasteiger partial charge in [0.05, 0.1) is 17.7 Å². The summed E-state index contributed by atoms with van der Waals surface area (Å²) in [7, 11) is 0. The van der Waals surface area contributed by atoms with Crippen molar-refractivity contribution in [3.05, 3.63) is 29.8 Å². The molecule has 6 nitrogen and oxygen atoms in total. The van der Waals surface area contributed by atoms with Crippen molar-refractivity contribution in [2.75, 3.05) is 11.4 Å². The summed E-state index contributed by atoms with van der Waals surface area (Å²) in [4.78, 5) is 33.6. The first-order chi connectivity index (χ1) is 16.0. The molecule has 6 heteroatoms. The molecular weight excluding hydrogens is 414 g/mol. The number of hydrogen-bond acceptors (Lipinski definition) is 4. The number of rotatable bonds is 13. The van der Waals surface area contributed by atoms with Gasteiger partial charge in [0, 0.05) is 17.8 Å². The molecule has 3 atom stereocenters. The topological polar surface area (TPSA) is 82.0 Å². The van der Waals surface area contributed by atoms with Crippen LogP contribution in [0.2, 0.25) is 0 Å². The number of aliphatic imine (C=N–C) groups is 1. The summed E-state index contributed by atoms with van der Waals surface area (Å²) in [5.74, 6) is -0.420. The van der Waals surface area contributed by atoms with E-state index in [0.717, 1.165) is 68.3 Å². The van der Waals surface area contributed by atoms with Crippen LogP contribution < -0.4 is 10.2 Å². The van der Waals surface area contributed by atoms with Crippen LogP contribution in [0.4, 0.5) is 5.69 Å². The quantitative estimate of drug-likeness (QED) is 0.447. The molecule has 1 aromatic rings. The van der Waals surface area contributed by atoms with E-state index in [9.17, 15) is 14.7 Å². The maximum Gasteiger partial charge on any atom is 0.272 e. The minimum Gasteiger partial charge on any atom is -0.392 e. The van der Waals surface area contributed by atoms with Crippen molar-refractivity contribution in [3.8, 4) is 0 Å². The maximum atomic E-state index is 13.6. The van der Waals surface area contributed by atoms with Gasteiger partial charge in [-0.1, -0.05) is 77.5 Å². The van der Waals surface area contributed by atoms with Gasteiger partial charge in [-0.3, -0.25) is 14.6 Å². The molecule has 2 N–H and O–H groups in total. The van der Waals surface area contributed by atoms with Crippen LogP contribution in [0.15, 0.2) is 29.3 Å². The minimum absolute atomic E-state index is 0.191. The van der Waals surface area contributed by atoms with Crippen LogP contribution >= 0.6 is 0 Å². The molecule has 2 aliphatic rings. The summed E-state index contributed by atoms with van der Waals surface area (Å²) in [5.41, 5.74) is 2.70. The Morgan fingerprint density at radius 1 is 1.15 bits per heavy atom. The highest BCUT2D eigenvalue weighted by atomic mass is 16.3. The van der Waals surface area contributed by atoms with Gasteiger partial charge in [0.2, 0.25) is 12.1 Å². The van der Waals surface area contributed by atoms with Gasteiger partial charge in [-0.15, -0.1) is 0 Å². The van der Waals surface area contributed by atoms with E-state index in [1.54, 1.807) is 4.90 Å². The number of anilines is 1. The van der Waals surface area contributed by atoms with Crippen LogP contribution in [0.3, 0.4) is 0 Å². The number of hydrogen-bond donors (Lipinski definition) is 2. The van der Waals surface area contributed by atoms with Gasteiger partial charge in [-0.05, 0) is 37.7 Å². The van der Waals surface area contributed by atoms with Crippen molar-refractivity contribution in [1.82, 2.24) is 5.32 Å². The highest BCUT2D eigenvalue weighted by molar-refractivity contribution is 6.13. The molecule has 0 aromatic heterocycles. The number of para-hydroxylation sites is 1. The van der Waals surface area contributed by atoms with Gasteiger partial charge in [0.1, 0.15) is 0 Å². The normalized spacial score (nSPS) is 20.0. The third kappa shape index (κ3) is 6.66. The zero-order valence-corrected chi connectivity index (χ0v) is 20.6. The average Bonchev–Trinajstić information content (AvgIpc) is 3.65. The average molecular weight is 456 g/mol. The van der Waals surface area contributed by atoms with Crippen LogP contribution in [-0.4, -0.2) is 41.4 Å². The lowest BCUT2D eigenvalue weighted by molar-refractivity contribution is -0.133. The Morgan fingerprint density at radius 3 is 2.55 bits per heavy atom. The van der Waals surface area contributed by atoms with Crippen molar-refractivity contribution in [1.29, 1.82) is 0 Å². The number of aliphatic hydroxyl groups is 1. The fourth-order valence-electron chi connectivity index (χ4n) is 4.58. The Morgan fingerprint density at radius 2 is 1.88 bits per heavy atom.